The molecular formula is C13H20F3O4PS2. The van der Waals surface area contributed by atoms with Gasteiger partial charge in [-0.15, -0.1) is 0 Å². The quantitative estimate of drug-likeness (QED) is 0.512. The maximum absolute atomic E-state index is 12.9. The van der Waals surface area contributed by atoms with Gasteiger partial charge in [-0.05, 0) is 0 Å². The standard InChI is InChI=1S/C13H20F3O4PS2/c1-5-21(22-4,19-11(2)3,12-9-7-6-8-10-12)20-23(17,18)13(14,15)16/h6-11H,5H2,1-4H3. The van der Waals surface area contributed by atoms with Crippen LogP contribution in [0.25, 0.3) is 0 Å². The summed E-state index contributed by atoms with van der Waals surface area (Å²) in [5.41, 5.74) is -5.52. The van der Waals surface area contributed by atoms with Crippen LogP contribution in [-0.2, 0) is 18.6 Å². The molecule has 0 heterocycles. The first-order valence-corrected chi connectivity index (χ1v) is 12.3. The van der Waals surface area contributed by atoms with Crippen LogP contribution in [0.2, 0.25) is 0 Å². The Labute approximate surface area is 138 Å². The first kappa shape index (κ1) is 20.7. The van der Waals surface area contributed by atoms with Gasteiger partial charge in [0.05, 0.1) is 0 Å². The second kappa shape index (κ2) is 6.88. The zero-order valence-electron chi connectivity index (χ0n) is 13.2. The number of hydrogen-bond donors (Lipinski definition) is 0. The third kappa shape index (κ3) is 4.02. The molecule has 0 radical (unpaired) electrons. The third-order valence-corrected chi connectivity index (χ3v) is 14.1. The van der Waals surface area contributed by atoms with Gasteiger partial charge in [0.15, 0.2) is 0 Å². The molecule has 0 atom stereocenters. The SMILES string of the molecule is CCP(OC(C)C)(OS(=O)(=O)C(F)(F)F)(SC)c1ccccc1. The first-order valence-electron chi connectivity index (χ1n) is 6.78. The van der Waals surface area contributed by atoms with Crippen LogP contribution in [0.4, 0.5) is 13.2 Å². The molecule has 0 aliphatic rings. The van der Waals surface area contributed by atoms with Gasteiger partial charge in [-0.3, -0.25) is 0 Å². The molecule has 23 heavy (non-hydrogen) atoms. The first-order chi connectivity index (χ1) is 10.4. The van der Waals surface area contributed by atoms with Crippen LogP contribution in [0, 0.1) is 0 Å². The van der Waals surface area contributed by atoms with E-state index in [9.17, 15) is 21.6 Å². The molecule has 0 fully saturated rings. The summed E-state index contributed by atoms with van der Waals surface area (Å²) in [4.78, 5) is 0. The fourth-order valence-corrected chi connectivity index (χ4v) is 11.8. The van der Waals surface area contributed by atoms with Crippen molar-refractivity contribution in [2.45, 2.75) is 32.4 Å². The van der Waals surface area contributed by atoms with E-state index in [1.54, 1.807) is 39.0 Å². The number of alkyl halides is 3. The van der Waals surface area contributed by atoms with Crippen molar-refractivity contribution in [3.63, 3.8) is 0 Å². The van der Waals surface area contributed by atoms with Gasteiger partial charge >= 0.3 is 138 Å². The summed E-state index contributed by atoms with van der Waals surface area (Å²) in [5.74, 6) is 0. The van der Waals surface area contributed by atoms with Gasteiger partial charge in [-0.1, -0.05) is 0 Å². The van der Waals surface area contributed by atoms with Crippen LogP contribution < -0.4 is 5.30 Å². The van der Waals surface area contributed by atoms with Gasteiger partial charge in [0.2, 0.25) is 0 Å². The van der Waals surface area contributed by atoms with Crippen LogP contribution in [0.15, 0.2) is 30.3 Å². The molecule has 0 bridgehead atoms. The molecule has 0 aliphatic carbocycles. The fraction of sp³-hybridized carbons (Fsp3) is 0.538. The minimum atomic E-state index is -5.82. The normalized spacial score (nSPS) is 15.4. The second-order valence-corrected chi connectivity index (χ2v) is 14.1. The molecule has 1 rings (SSSR count). The van der Waals surface area contributed by atoms with Gasteiger partial charge < -0.3 is 0 Å². The van der Waals surface area contributed by atoms with E-state index in [1.165, 1.54) is 18.4 Å². The van der Waals surface area contributed by atoms with Gasteiger partial charge in [-0.2, -0.15) is 0 Å². The van der Waals surface area contributed by atoms with Crippen molar-refractivity contribution >= 4 is 33.1 Å². The molecule has 0 saturated heterocycles. The van der Waals surface area contributed by atoms with E-state index in [4.69, 9.17) is 8.49 Å². The summed E-state index contributed by atoms with van der Waals surface area (Å²) >= 11 is 0.896. The third-order valence-electron chi connectivity index (χ3n) is 3.13. The molecule has 134 valence electrons. The zero-order chi connectivity index (χ0) is 18.0. The summed E-state index contributed by atoms with van der Waals surface area (Å²) in [6.45, 7) is 4.81. The van der Waals surface area contributed by atoms with Crippen LogP contribution in [0.3, 0.4) is 0 Å². The van der Waals surface area contributed by atoms with E-state index < -0.39 is 28.0 Å². The average molecular weight is 392 g/mol. The fourth-order valence-electron chi connectivity index (χ4n) is 2.12. The van der Waals surface area contributed by atoms with Crippen molar-refractivity contribution in [3.05, 3.63) is 30.3 Å². The Morgan fingerprint density at radius 3 is 2.09 bits per heavy atom. The predicted octanol–water partition coefficient (Wildman–Crippen LogP) is 4.28. The molecule has 0 N–H and O–H groups in total. The Morgan fingerprint density at radius 1 is 1.22 bits per heavy atom. The van der Waals surface area contributed by atoms with Crippen molar-refractivity contribution in [2.75, 3.05) is 12.4 Å². The number of rotatable bonds is 7. The van der Waals surface area contributed by atoms with E-state index in [2.05, 4.69) is 0 Å². The van der Waals surface area contributed by atoms with Crippen molar-refractivity contribution < 1.29 is 30.1 Å². The molecule has 0 saturated carbocycles. The van der Waals surface area contributed by atoms with E-state index in [1.807, 2.05) is 0 Å². The number of benzene rings is 1. The Morgan fingerprint density at radius 2 is 1.74 bits per heavy atom. The van der Waals surface area contributed by atoms with Crippen molar-refractivity contribution in [3.8, 4) is 0 Å². The van der Waals surface area contributed by atoms with Crippen LogP contribution in [0.5, 0.6) is 0 Å². The molecule has 0 amide bonds. The van der Waals surface area contributed by atoms with Crippen molar-refractivity contribution in [1.82, 2.24) is 0 Å². The Hall–Kier alpha value is -0.340. The summed E-state index contributed by atoms with van der Waals surface area (Å²) < 4.78 is 72.9. The molecule has 0 aliphatic heterocycles. The van der Waals surface area contributed by atoms with Crippen molar-refractivity contribution in [1.29, 1.82) is 0 Å². The van der Waals surface area contributed by atoms with E-state index in [0.29, 0.717) is 5.30 Å². The van der Waals surface area contributed by atoms with Crippen LogP contribution in [0.1, 0.15) is 20.8 Å². The minimum absolute atomic E-state index is 0.0235. The molecular weight excluding hydrogens is 372 g/mol. The Balaban J connectivity index is 3.66. The molecule has 10 heteroatoms. The van der Waals surface area contributed by atoms with Crippen LogP contribution >= 0.6 is 17.6 Å². The average Bonchev–Trinajstić information content (AvgIpc) is 2.45. The van der Waals surface area contributed by atoms with Gasteiger partial charge in [0, 0.05) is 0 Å². The molecule has 1 aromatic carbocycles. The summed E-state index contributed by atoms with van der Waals surface area (Å²) in [6.07, 6.45) is -3.41. The molecule has 0 spiro atoms. The summed E-state index contributed by atoms with van der Waals surface area (Å²) in [7, 11) is -5.82. The number of hydrogen-bond acceptors (Lipinski definition) is 5. The van der Waals surface area contributed by atoms with E-state index >= 15 is 0 Å². The van der Waals surface area contributed by atoms with Crippen LogP contribution in [-0.4, -0.2) is 32.4 Å². The monoisotopic (exact) mass is 392 g/mol. The Bertz CT molecular complexity index is 628. The predicted molar refractivity (Wildman–Crippen MR) is 89.3 cm³/mol. The molecule has 0 aromatic heterocycles. The number of halogens is 3. The summed E-state index contributed by atoms with van der Waals surface area (Å²) in [6, 6.07) is 7.96. The van der Waals surface area contributed by atoms with Gasteiger partial charge in [0.1, 0.15) is 0 Å². The molecule has 4 nitrogen and oxygen atoms in total. The zero-order valence-corrected chi connectivity index (χ0v) is 15.7. The second-order valence-electron chi connectivity index (χ2n) is 5.01. The van der Waals surface area contributed by atoms with Gasteiger partial charge in [-0.25, -0.2) is 0 Å². The van der Waals surface area contributed by atoms with Crippen molar-refractivity contribution in [2.24, 2.45) is 0 Å². The van der Waals surface area contributed by atoms with E-state index in [0.717, 1.165) is 11.4 Å². The van der Waals surface area contributed by atoms with Gasteiger partial charge in [0.25, 0.3) is 0 Å². The molecule has 0 unspecified atom stereocenters. The van der Waals surface area contributed by atoms with E-state index in [-0.39, 0.29) is 6.16 Å². The maximum atomic E-state index is 12.9. The topological polar surface area (TPSA) is 52.6 Å². The molecule has 1 aromatic rings. The Kier molecular flexibility index (Phi) is 6.19. The summed E-state index contributed by atoms with van der Waals surface area (Å²) in [5, 5.41) is 0.315.